The summed E-state index contributed by atoms with van der Waals surface area (Å²) in [5.41, 5.74) is 1.22. The van der Waals surface area contributed by atoms with Crippen molar-refractivity contribution in [3.05, 3.63) is 47.6 Å². The molecule has 5 heteroatoms. The van der Waals surface area contributed by atoms with E-state index in [4.69, 9.17) is 9.47 Å². The number of fused-ring (bicyclic) bond motifs is 1. The van der Waals surface area contributed by atoms with Crippen LogP contribution >= 0.6 is 11.3 Å². The average Bonchev–Trinajstić information content (AvgIpc) is 2.96. The SMILES string of the molecule is COCCc1ccc(Oc2ncnc3sccc23)cc1. The third kappa shape index (κ3) is 2.79. The third-order valence-electron chi connectivity index (χ3n) is 2.96. The summed E-state index contributed by atoms with van der Waals surface area (Å²) in [6, 6.07) is 9.96. The molecule has 2 aromatic heterocycles. The van der Waals surface area contributed by atoms with Crippen LogP contribution in [0.15, 0.2) is 42.0 Å². The van der Waals surface area contributed by atoms with Gasteiger partial charge in [-0.25, -0.2) is 9.97 Å². The first-order valence-corrected chi connectivity index (χ1v) is 7.19. The number of benzene rings is 1. The molecule has 4 nitrogen and oxygen atoms in total. The average molecular weight is 286 g/mol. The summed E-state index contributed by atoms with van der Waals surface area (Å²) < 4.78 is 10.9. The normalized spacial score (nSPS) is 10.8. The van der Waals surface area contributed by atoms with Gasteiger partial charge in [0.2, 0.25) is 5.88 Å². The molecule has 1 aromatic carbocycles. The van der Waals surface area contributed by atoms with Crippen LogP contribution in [0.5, 0.6) is 11.6 Å². The van der Waals surface area contributed by atoms with Gasteiger partial charge in [-0.15, -0.1) is 11.3 Å². The Morgan fingerprint density at radius 1 is 1.10 bits per heavy atom. The van der Waals surface area contributed by atoms with E-state index >= 15 is 0 Å². The molecule has 0 spiro atoms. The fourth-order valence-corrected chi connectivity index (χ4v) is 2.63. The van der Waals surface area contributed by atoms with Crippen molar-refractivity contribution in [2.45, 2.75) is 6.42 Å². The van der Waals surface area contributed by atoms with Gasteiger partial charge in [0.05, 0.1) is 12.0 Å². The lowest BCUT2D eigenvalue weighted by Gasteiger charge is -2.06. The van der Waals surface area contributed by atoms with Gasteiger partial charge in [0.1, 0.15) is 16.9 Å². The summed E-state index contributed by atoms with van der Waals surface area (Å²) in [5, 5.41) is 2.93. The lowest BCUT2D eigenvalue weighted by molar-refractivity contribution is 0.202. The second-order valence-electron chi connectivity index (χ2n) is 4.31. The van der Waals surface area contributed by atoms with Gasteiger partial charge in [0.25, 0.3) is 0 Å². The molecule has 0 aliphatic heterocycles. The minimum atomic E-state index is 0.598. The van der Waals surface area contributed by atoms with Crippen molar-refractivity contribution in [3.63, 3.8) is 0 Å². The van der Waals surface area contributed by atoms with Gasteiger partial charge in [0, 0.05) is 7.11 Å². The van der Waals surface area contributed by atoms with Crippen LogP contribution in [0.4, 0.5) is 0 Å². The molecule has 0 aliphatic carbocycles. The molecular weight excluding hydrogens is 272 g/mol. The van der Waals surface area contributed by atoms with E-state index in [9.17, 15) is 0 Å². The quantitative estimate of drug-likeness (QED) is 0.718. The predicted octanol–water partition coefficient (Wildman–Crippen LogP) is 3.67. The Hall–Kier alpha value is -1.98. The Morgan fingerprint density at radius 3 is 2.75 bits per heavy atom. The van der Waals surface area contributed by atoms with E-state index in [1.165, 1.54) is 11.9 Å². The van der Waals surface area contributed by atoms with Crippen LogP contribution in [-0.4, -0.2) is 23.7 Å². The molecule has 0 saturated heterocycles. The Labute approximate surface area is 121 Å². The maximum atomic E-state index is 5.83. The molecule has 3 rings (SSSR count). The Kier molecular flexibility index (Phi) is 3.90. The van der Waals surface area contributed by atoms with Gasteiger partial charge in [-0.05, 0) is 35.6 Å². The zero-order valence-corrected chi connectivity index (χ0v) is 11.9. The highest BCUT2D eigenvalue weighted by Crippen LogP contribution is 2.29. The van der Waals surface area contributed by atoms with Crippen LogP contribution in [0.1, 0.15) is 5.56 Å². The highest BCUT2D eigenvalue weighted by Gasteiger charge is 2.06. The molecule has 102 valence electrons. The maximum Gasteiger partial charge on any atom is 0.231 e. The fraction of sp³-hybridized carbons (Fsp3) is 0.200. The number of thiophene rings is 1. The molecule has 0 atom stereocenters. The van der Waals surface area contributed by atoms with E-state index in [1.54, 1.807) is 18.4 Å². The summed E-state index contributed by atoms with van der Waals surface area (Å²) in [6.45, 7) is 0.724. The van der Waals surface area contributed by atoms with Crippen LogP contribution < -0.4 is 4.74 Å². The van der Waals surface area contributed by atoms with Crippen molar-refractivity contribution >= 4 is 21.6 Å². The Balaban J connectivity index is 1.79. The number of aromatic nitrogens is 2. The van der Waals surface area contributed by atoms with E-state index in [2.05, 4.69) is 9.97 Å². The first-order valence-electron chi connectivity index (χ1n) is 6.31. The molecule has 20 heavy (non-hydrogen) atoms. The van der Waals surface area contributed by atoms with Crippen molar-refractivity contribution < 1.29 is 9.47 Å². The van der Waals surface area contributed by atoms with E-state index in [1.807, 2.05) is 35.7 Å². The molecule has 0 unspecified atom stereocenters. The molecule has 0 aliphatic rings. The second-order valence-corrected chi connectivity index (χ2v) is 5.20. The molecule has 0 saturated carbocycles. The summed E-state index contributed by atoms with van der Waals surface area (Å²) in [5.74, 6) is 1.37. The lowest BCUT2D eigenvalue weighted by Crippen LogP contribution is -1.94. The molecular formula is C15H14N2O2S. The first kappa shape index (κ1) is 13.0. The number of hydrogen-bond acceptors (Lipinski definition) is 5. The third-order valence-corrected chi connectivity index (χ3v) is 3.78. The number of ether oxygens (including phenoxy) is 2. The van der Waals surface area contributed by atoms with Crippen LogP contribution in [-0.2, 0) is 11.2 Å². The molecule has 0 fully saturated rings. The first-order chi connectivity index (χ1) is 9.86. The lowest BCUT2D eigenvalue weighted by atomic mass is 10.1. The zero-order chi connectivity index (χ0) is 13.8. The van der Waals surface area contributed by atoms with Crippen molar-refractivity contribution in [1.82, 2.24) is 9.97 Å². The standard InChI is InChI=1S/C15H14N2O2S/c1-18-8-6-11-2-4-12(5-3-11)19-14-13-7-9-20-15(13)17-10-16-14/h2-5,7,9-10H,6,8H2,1H3. The molecule has 2 heterocycles. The van der Waals surface area contributed by atoms with Gasteiger partial charge >= 0.3 is 0 Å². The highest BCUT2D eigenvalue weighted by molar-refractivity contribution is 7.16. The monoisotopic (exact) mass is 286 g/mol. The summed E-state index contributed by atoms with van der Waals surface area (Å²) in [4.78, 5) is 9.34. The van der Waals surface area contributed by atoms with E-state index < -0.39 is 0 Å². The smallest absolute Gasteiger partial charge is 0.231 e. The van der Waals surface area contributed by atoms with Gasteiger partial charge in [0.15, 0.2) is 0 Å². The van der Waals surface area contributed by atoms with E-state index in [0.717, 1.165) is 29.0 Å². The van der Waals surface area contributed by atoms with Crippen molar-refractivity contribution in [2.75, 3.05) is 13.7 Å². The van der Waals surface area contributed by atoms with Gasteiger partial charge in [-0.2, -0.15) is 0 Å². The number of nitrogens with zero attached hydrogens (tertiary/aromatic N) is 2. The van der Waals surface area contributed by atoms with Crippen LogP contribution in [0.3, 0.4) is 0 Å². The maximum absolute atomic E-state index is 5.83. The van der Waals surface area contributed by atoms with Crippen LogP contribution in [0.2, 0.25) is 0 Å². The van der Waals surface area contributed by atoms with Crippen molar-refractivity contribution in [3.8, 4) is 11.6 Å². The topological polar surface area (TPSA) is 44.2 Å². The van der Waals surface area contributed by atoms with E-state index in [0.29, 0.717) is 5.88 Å². The number of hydrogen-bond donors (Lipinski definition) is 0. The van der Waals surface area contributed by atoms with Crippen LogP contribution in [0.25, 0.3) is 10.2 Å². The van der Waals surface area contributed by atoms with Gasteiger partial charge in [-0.1, -0.05) is 12.1 Å². The fourth-order valence-electron chi connectivity index (χ4n) is 1.90. The molecule has 0 amide bonds. The minimum absolute atomic E-state index is 0.598. The van der Waals surface area contributed by atoms with E-state index in [-0.39, 0.29) is 0 Å². The number of rotatable bonds is 5. The Morgan fingerprint density at radius 2 is 1.95 bits per heavy atom. The summed E-state index contributed by atoms with van der Waals surface area (Å²) in [6.07, 6.45) is 2.43. The molecule has 3 aromatic rings. The van der Waals surface area contributed by atoms with Gasteiger partial charge < -0.3 is 9.47 Å². The van der Waals surface area contributed by atoms with Crippen molar-refractivity contribution in [2.24, 2.45) is 0 Å². The predicted molar refractivity (Wildman–Crippen MR) is 79.5 cm³/mol. The summed E-state index contributed by atoms with van der Waals surface area (Å²) in [7, 11) is 1.71. The van der Waals surface area contributed by atoms with Gasteiger partial charge in [-0.3, -0.25) is 0 Å². The zero-order valence-electron chi connectivity index (χ0n) is 11.1. The number of methoxy groups -OCH3 is 1. The summed E-state index contributed by atoms with van der Waals surface area (Å²) >= 11 is 1.58. The molecule has 0 radical (unpaired) electrons. The highest BCUT2D eigenvalue weighted by atomic mass is 32.1. The van der Waals surface area contributed by atoms with Crippen LogP contribution in [0, 0.1) is 0 Å². The minimum Gasteiger partial charge on any atom is -0.438 e. The largest absolute Gasteiger partial charge is 0.438 e. The van der Waals surface area contributed by atoms with Crippen molar-refractivity contribution in [1.29, 1.82) is 0 Å². The molecule has 0 N–H and O–H groups in total. The molecule has 0 bridgehead atoms. The Bertz CT molecular complexity index is 694. The second kappa shape index (κ2) is 5.98.